The monoisotopic (exact) mass is 229 g/mol. The first-order valence-corrected chi connectivity index (χ1v) is 6.87. The summed E-state index contributed by atoms with van der Waals surface area (Å²) in [5.74, 6) is 0.531. The highest BCUT2D eigenvalue weighted by molar-refractivity contribution is 7.91. The normalized spacial score (nSPS) is 21.7. The average Bonchev–Trinajstić information content (AvgIpc) is 2.65. The van der Waals surface area contributed by atoms with Crippen LogP contribution in [0.4, 0.5) is 0 Å². The maximum Gasteiger partial charge on any atom is 0.150 e. The zero-order chi connectivity index (χ0) is 10.9. The molecule has 2 rings (SSSR count). The van der Waals surface area contributed by atoms with Crippen LogP contribution < -0.4 is 5.73 Å². The van der Waals surface area contributed by atoms with E-state index >= 15 is 0 Å². The third kappa shape index (κ3) is 2.21. The number of sulfone groups is 1. The van der Waals surface area contributed by atoms with Gasteiger partial charge in [-0.3, -0.25) is 4.68 Å². The average molecular weight is 229 g/mol. The van der Waals surface area contributed by atoms with Gasteiger partial charge in [0, 0.05) is 12.7 Å². The summed E-state index contributed by atoms with van der Waals surface area (Å²) in [4.78, 5) is 0. The zero-order valence-corrected chi connectivity index (χ0v) is 9.28. The van der Waals surface area contributed by atoms with Crippen LogP contribution in [0.3, 0.4) is 0 Å². The highest BCUT2D eigenvalue weighted by Gasteiger charge is 2.25. The van der Waals surface area contributed by atoms with Crippen molar-refractivity contribution in [1.29, 1.82) is 0 Å². The number of nitrogens with zero attached hydrogens (tertiary/aromatic N) is 2. The fraction of sp³-hybridized carbons (Fsp3) is 0.667. The van der Waals surface area contributed by atoms with E-state index in [4.69, 9.17) is 5.73 Å². The van der Waals surface area contributed by atoms with Crippen molar-refractivity contribution in [2.24, 2.45) is 5.73 Å². The van der Waals surface area contributed by atoms with Crippen LogP contribution in [0.2, 0.25) is 0 Å². The van der Waals surface area contributed by atoms with Crippen molar-refractivity contribution in [3.63, 3.8) is 0 Å². The molecular weight excluding hydrogens is 214 g/mol. The Bertz CT molecular complexity index is 424. The van der Waals surface area contributed by atoms with E-state index in [9.17, 15) is 8.42 Å². The Labute approximate surface area is 89.2 Å². The quantitative estimate of drug-likeness (QED) is 0.779. The van der Waals surface area contributed by atoms with Crippen molar-refractivity contribution in [3.8, 4) is 0 Å². The van der Waals surface area contributed by atoms with Gasteiger partial charge in [-0.05, 0) is 18.9 Å². The zero-order valence-electron chi connectivity index (χ0n) is 8.46. The molecule has 1 saturated heterocycles. The van der Waals surface area contributed by atoms with E-state index in [0.29, 0.717) is 19.4 Å². The van der Waals surface area contributed by atoms with Gasteiger partial charge in [-0.25, -0.2) is 8.42 Å². The molecule has 1 aliphatic rings. The van der Waals surface area contributed by atoms with Gasteiger partial charge in [-0.15, -0.1) is 0 Å². The summed E-state index contributed by atoms with van der Waals surface area (Å²) in [6, 6.07) is 2.07. The fourth-order valence-corrected chi connectivity index (χ4v) is 3.42. The molecule has 0 spiro atoms. The maximum absolute atomic E-state index is 11.3. The summed E-state index contributed by atoms with van der Waals surface area (Å²) >= 11 is 0. The molecule has 84 valence electrons. The molecule has 0 atom stereocenters. The van der Waals surface area contributed by atoms with E-state index in [1.165, 1.54) is 0 Å². The lowest BCUT2D eigenvalue weighted by molar-refractivity contribution is 0.401. The predicted octanol–water partition coefficient (Wildman–Crippen LogP) is 0.0915. The number of hydrogen-bond donors (Lipinski definition) is 1. The Balaban J connectivity index is 2.14. The van der Waals surface area contributed by atoms with Gasteiger partial charge in [0.05, 0.1) is 23.2 Å². The second-order valence-electron chi connectivity index (χ2n) is 3.85. The summed E-state index contributed by atoms with van der Waals surface area (Å²) in [5.41, 5.74) is 6.55. The molecule has 0 aromatic carbocycles. The summed E-state index contributed by atoms with van der Waals surface area (Å²) < 4.78 is 24.4. The van der Waals surface area contributed by atoms with E-state index < -0.39 is 9.84 Å². The van der Waals surface area contributed by atoms with Crippen molar-refractivity contribution in [2.75, 3.05) is 11.5 Å². The Hall–Kier alpha value is -0.880. The highest BCUT2D eigenvalue weighted by Crippen LogP contribution is 2.24. The van der Waals surface area contributed by atoms with Crippen molar-refractivity contribution in [3.05, 3.63) is 18.0 Å². The molecule has 15 heavy (non-hydrogen) atoms. The molecule has 1 aromatic heterocycles. The van der Waals surface area contributed by atoms with Gasteiger partial charge in [0.1, 0.15) is 9.84 Å². The van der Waals surface area contributed by atoms with Crippen LogP contribution in [0.15, 0.2) is 12.3 Å². The van der Waals surface area contributed by atoms with Gasteiger partial charge in [-0.2, -0.15) is 5.10 Å². The topological polar surface area (TPSA) is 78.0 Å². The van der Waals surface area contributed by atoms with E-state index in [2.05, 4.69) is 5.10 Å². The van der Waals surface area contributed by atoms with E-state index in [0.717, 1.165) is 5.69 Å². The highest BCUT2D eigenvalue weighted by atomic mass is 32.2. The number of nitrogens with two attached hydrogens (primary N) is 1. The molecule has 0 amide bonds. The molecule has 0 bridgehead atoms. The minimum Gasteiger partial charge on any atom is -0.325 e. The fourth-order valence-electron chi connectivity index (χ4n) is 1.95. The van der Waals surface area contributed by atoms with Gasteiger partial charge in [-0.1, -0.05) is 0 Å². The second kappa shape index (κ2) is 3.94. The molecule has 1 fully saturated rings. The molecule has 0 aliphatic carbocycles. The lowest BCUT2D eigenvalue weighted by Gasteiger charge is -2.23. The van der Waals surface area contributed by atoms with Gasteiger partial charge in [0.15, 0.2) is 0 Å². The number of hydrogen-bond acceptors (Lipinski definition) is 4. The molecule has 1 aliphatic heterocycles. The summed E-state index contributed by atoms with van der Waals surface area (Å²) in [7, 11) is -2.80. The largest absolute Gasteiger partial charge is 0.325 e. The lowest BCUT2D eigenvalue weighted by Crippen LogP contribution is -2.27. The van der Waals surface area contributed by atoms with Gasteiger partial charge in [0.25, 0.3) is 0 Å². The molecular formula is C9H15N3O2S. The molecule has 0 saturated carbocycles. The first kappa shape index (κ1) is 10.6. The summed E-state index contributed by atoms with van der Waals surface area (Å²) in [5, 5.41) is 4.20. The standard InChI is InChI=1S/C9H15N3O2S/c10-7-9-1-4-11-12(9)8-2-5-15(13,14)6-3-8/h1,4,8H,2-3,5-7,10H2. The van der Waals surface area contributed by atoms with Crippen LogP contribution in [0.1, 0.15) is 24.6 Å². The van der Waals surface area contributed by atoms with Crippen molar-refractivity contribution >= 4 is 9.84 Å². The van der Waals surface area contributed by atoms with Crippen LogP contribution in [-0.2, 0) is 16.4 Å². The van der Waals surface area contributed by atoms with Crippen LogP contribution in [0, 0.1) is 0 Å². The number of aromatic nitrogens is 2. The Morgan fingerprint density at radius 3 is 2.73 bits per heavy atom. The van der Waals surface area contributed by atoms with Crippen LogP contribution in [-0.4, -0.2) is 29.7 Å². The first-order valence-electron chi connectivity index (χ1n) is 5.05. The molecule has 2 N–H and O–H groups in total. The van der Waals surface area contributed by atoms with E-state index in [1.807, 2.05) is 10.7 Å². The molecule has 6 heteroatoms. The maximum atomic E-state index is 11.3. The minimum absolute atomic E-state index is 0.196. The van der Waals surface area contributed by atoms with Crippen LogP contribution in [0.5, 0.6) is 0 Å². The van der Waals surface area contributed by atoms with E-state index in [-0.39, 0.29) is 17.5 Å². The van der Waals surface area contributed by atoms with Crippen molar-refractivity contribution in [2.45, 2.75) is 25.4 Å². The van der Waals surface area contributed by atoms with Crippen LogP contribution >= 0.6 is 0 Å². The smallest absolute Gasteiger partial charge is 0.150 e. The van der Waals surface area contributed by atoms with Gasteiger partial charge >= 0.3 is 0 Å². The lowest BCUT2D eigenvalue weighted by atomic mass is 10.1. The molecule has 0 unspecified atom stereocenters. The minimum atomic E-state index is -2.80. The Morgan fingerprint density at radius 1 is 1.47 bits per heavy atom. The van der Waals surface area contributed by atoms with Gasteiger partial charge < -0.3 is 5.73 Å². The third-order valence-electron chi connectivity index (χ3n) is 2.83. The van der Waals surface area contributed by atoms with Crippen LogP contribution in [0.25, 0.3) is 0 Å². The Morgan fingerprint density at radius 2 is 2.13 bits per heavy atom. The van der Waals surface area contributed by atoms with Crippen molar-refractivity contribution < 1.29 is 8.42 Å². The van der Waals surface area contributed by atoms with Crippen molar-refractivity contribution in [1.82, 2.24) is 9.78 Å². The second-order valence-corrected chi connectivity index (χ2v) is 6.16. The van der Waals surface area contributed by atoms with Gasteiger partial charge in [0.2, 0.25) is 0 Å². The molecule has 0 radical (unpaired) electrons. The SMILES string of the molecule is NCc1ccnn1C1CCS(=O)(=O)CC1. The molecule has 1 aromatic rings. The first-order chi connectivity index (χ1) is 7.12. The predicted molar refractivity (Wildman–Crippen MR) is 57.0 cm³/mol. The number of rotatable bonds is 2. The van der Waals surface area contributed by atoms with E-state index in [1.54, 1.807) is 6.20 Å². The third-order valence-corrected chi connectivity index (χ3v) is 4.55. The molecule has 5 nitrogen and oxygen atoms in total. The Kier molecular flexibility index (Phi) is 2.79. The summed E-state index contributed by atoms with van der Waals surface area (Å²) in [6.07, 6.45) is 3.01. The summed E-state index contributed by atoms with van der Waals surface area (Å²) in [6.45, 7) is 0.448. The molecule has 2 heterocycles.